The van der Waals surface area contributed by atoms with Gasteiger partial charge in [-0.15, -0.1) is 8.78 Å². The van der Waals surface area contributed by atoms with E-state index in [-0.39, 0.29) is 29.6 Å². The summed E-state index contributed by atoms with van der Waals surface area (Å²) in [5, 5.41) is 2.84. The number of aromatic nitrogens is 2. The number of carbonyl (C=O) groups excluding carboxylic acids is 1. The third kappa shape index (κ3) is 3.72. The molecule has 1 aromatic carbocycles. The molecule has 0 spiro atoms. The number of anilines is 1. The van der Waals surface area contributed by atoms with E-state index in [1.165, 1.54) is 22.8 Å². The lowest BCUT2D eigenvalue weighted by molar-refractivity contribution is -0.286. The van der Waals surface area contributed by atoms with E-state index in [0.717, 1.165) is 5.56 Å². The van der Waals surface area contributed by atoms with Crippen molar-refractivity contribution in [3.05, 3.63) is 70.1 Å². The normalized spacial score (nSPS) is 17.0. The Hall–Kier alpha value is -3.79. The van der Waals surface area contributed by atoms with E-state index >= 15 is 0 Å². The molecular weight excluding hydrogens is 434 g/mol. The van der Waals surface area contributed by atoms with Crippen LogP contribution < -0.4 is 26.1 Å². The molecule has 0 unspecified atom stereocenters. The summed E-state index contributed by atoms with van der Waals surface area (Å²) in [6.45, 7) is 1.91. The van der Waals surface area contributed by atoms with Gasteiger partial charge in [0.2, 0.25) is 5.91 Å². The number of nitrogens with two attached hydrogens (primary N) is 1. The first-order chi connectivity index (χ1) is 15.7. The zero-order valence-corrected chi connectivity index (χ0v) is 17.6. The highest BCUT2D eigenvalue weighted by Gasteiger charge is 2.53. The van der Waals surface area contributed by atoms with E-state index in [1.807, 2.05) is 13.0 Å². The van der Waals surface area contributed by atoms with E-state index in [0.29, 0.717) is 35.5 Å². The number of amides is 1. The average molecular weight is 454 g/mol. The summed E-state index contributed by atoms with van der Waals surface area (Å²) < 4.78 is 37.0. The third-order valence-corrected chi connectivity index (χ3v) is 5.93. The van der Waals surface area contributed by atoms with Gasteiger partial charge in [-0.2, -0.15) is 0 Å². The summed E-state index contributed by atoms with van der Waals surface area (Å²) in [5.41, 5.74) is 7.26. The molecule has 2 aliphatic rings. The minimum absolute atomic E-state index is 0.0339. The first-order valence-electron chi connectivity index (χ1n) is 10.3. The second-order valence-corrected chi connectivity index (χ2v) is 8.14. The average Bonchev–Trinajstić information content (AvgIpc) is 3.52. The topological polar surface area (TPSA) is 108 Å². The molecule has 33 heavy (non-hydrogen) atoms. The van der Waals surface area contributed by atoms with Crippen LogP contribution in [0.15, 0.2) is 53.5 Å². The number of hydrogen-bond donors (Lipinski definition) is 2. The van der Waals surface area contributed by atoms with Crippen LogP contribution in [0.1, 0.15) is 24.0 Å². The lowest BCUT2D eigenvalue weighted by atomic mass is 9.94. The molecule has 0 saturated heterocycles. The van der Waals surface area contributed by atoms with Gasteiger partial charge in [-0.05, 0) is 55.2 Å². The maximum Gasteiger partial charge on any atom is 0.586 e. The van der Waals surface area contributed by atoms with Crippen molar-refractivity contribution in [2.45, 2.75) is 38.1 Å². The molecule has 8 nitrogen and oxygen atoms in total. The molecule has 0 atom stereocenters. The quantitative estimate of drug-likeness (QED) is 0.613. The Morgan fingerprint density at radius 3 is 2.64 bits per heavy atom. The maximum absolute atomic E-state index is 13.3. The first-order valence-corrected chi connectivity index (χ1v) is 10.3. The number of fused-ring (bicyclic) bond motifs is 1. The Balaban J connectivity index is 1.41. The molecule has 3 heterocycles. The maximum atomic E-state index is 13.3. The summed E-state index contributed by atoms with van der Waals surface area (Å²) in [7, 11) is 0. The standard InChI is InChI=1S/C23H20F2N4O4/c1-13-2-6-18(27-20(13)14-3-7-19(30)29(11-14)12-26)28-21(31)22(8-9-22)15-4-5-16-17(10-15)33-23(24,25)32-16/h2-7,10-11H,8-9,12,26H2,1H3,(H,27,28,31). The van der Waals surface area contributed by atoms with E-state index < -0.39 is 11.7 Å². The van der Waals surface area contributed by atoms with Gasteiger partial charge in [0.25, 0.3) is 5.56 Å². The Morgan fingerprint density at radius 2 is 1.91 bits per heavy atom. The van der Waals surface area contributed by atoms with Crippen molar-refractivity contribution in [1.29, 1.82) is 0 Å². The minimum atomic E-state index is -3.71. The fourth-order valence-electron chi connectivity index (χ4n) is 3.96. The Kier molecular flexibility index (Phi) is 4.71. The molecule has 1 amide bonds. The Labute approximate surface area is 187 Å². The zero-order valence-electron chi connectivity index (χ0n) is 17.6. The van der Waals surface area contributed by atoms with Crippen LogP contribution >= 0.6 is 0 Å². The van der Waals surface area contributed by atoms with Crippen LogP contribution in [0.5, 0.6) is 11.5 Å². The summed E-state index contributed by atoms with van der Waals surface area (Å²) in [6.07, 6.45) is -0.966. The number of benzene rings is 1. The van der Waals surface area contributed by atoms with Gasteiger partial charge < -0.3 is 25.1 Å². The van der Waals surface area contributed by atoms with Crippen LogP contribution in [0.2, 0.25) is 0 Å². The molecule has 3 N–H and O–H groups in total. The van der Waals surface area contributed by atoms with Crippen molar-refractivity contribution < 1.29 is 23.0 Å². The Bertz CT molecular complexity index is 1330. The summed E-state index contributed by atoms with van der Waals surface area (Å²) in [5.74, 6) is -0.113. The number of carbonyl (C=O) groups is 1. The van der Waals surface area contributed by atoms with Gasteiger partial charge in [-0.3, -0.25) is 9.59 Å². The van der Waals surface area contributed by atoms with E-state index in [4.69, 9.17) is 5.73 Å². The number of ether oxygens (including phenoxy) is 2. The van der Waals surface area contributed by atoms with Gasteiger partial charge in [0.05, 0.1) is 17.8 Å². The van der Waals surface area contributed by atoms with Gasteiger partial charge in [0.1, 0.15) is 5.82 Å². The van der Waals surface area contributed by atoms with E-state index in [1.54, 1.807) is 24.4 Å². The Morgan fingerprint density at radius 1 is 1.15 bits per heavy atom. The second kappa shape index (κ2) is 7.38. The number of pyridine rings is 2. The number of halogens is 2. The molecule has 170 valence electrons. The van der Waals surface area contributed by atoms with Gasteiger partial charge in [0.15, 0.2) is 11.5 Å². The molecule has 1 aliphatic carbocycles. The molecular formula is C23H20F2N4O4. The van der Waals surface area contributed by atoms with Crippen LogP contribution in [-0.4, -0.2) is 21.8 Å². The lowest BCUT2D eigenvalue weighted by Crippen LogP contribution is -2.28. The minimum Gasteiger partial charge on any atom is -0.395 e. The van der Waals surface area contributed by atoms with E-state index in [2.05, 4.69) is 19.8 Å². The molecule has 0 radical (unpaired) electrons. The van der Waals surface area contributed by atoms with Crippen LogP contribution in [-0.2, 0) is 16.9 Å². The molecule has 0 bridgehead atoms. The predicted octanol–water partition coefficient (Wildman–Crippen LogP) is 3.13. The number of nitrogens with one attached hydrogen (secondary N) is 1. The molecule has 10 heteroatoms. The number of nitrogens with zero attached hydrogens (tertiary/aromatic N) is 2. The molecule has 2 aromatic heterocycles. The van der Waals surface area contributed by atoms with Gasteiger partial charge >= 0.3 is 6.29 Å². The van der Waals surface area contributed by atoms with Crippen LogP contribution in [0, 0.1) is 6.92 Å². The van der Waals surface area contributed by atoms with Crippen LogP contribution in [0.25, 0.3) is 11.3 Å². The van der Waals surface area contributed by atoms with Crippen molar-refractivity contribution in [3.63, 3.8) is 0 Å². The fraction of sp³-hybridized carbons (Fsp3) is 0.261. The smallest absolute Gasteiger partial charge is 0.395 e. The van der Waals surface area contributed by atoms with E-state index in [9.17, 15) is 18.4 Å². The van der Waals surface area contributed by atoms with Crippen molar-refractivity contribution >= 4 is 11.7 Å². The van der Waals surface area contributed by atoms with Crippen molar-refractivity contribution in [2.75, 3.05) is 5.32 Å². The number of rotatable bonds is 5. The third-order valence-electron chi connectivity index (χ3n) is 5.93. The molecule has 3 aromatic rings. The fourth-order valence-corrected chi connectivity index (χ4v) is 3.96. The van der Waals surface area contributed by atoms with Crippen LogP contribution in [0.4, 0.5) is 14.6 Å². The largest absolute Gasteiger partial charge is 0.586 e. The van der Waals surface area contributed by atoms with Gasteiger partial charge in [-0.1, -0.05) is 12.1 Å². The monoisotopic (exact) mass is 454 g/mol. The van der Waals surface area contributed by atoms with Gasteiger partial charge in [0, 0.05) is 17.8 Å². The van der Waals surface area contributed by atoms with Crippen molar-refractivity contribution in [2.24, 2.45) is 5.73 Å². The number of aryl methyl sites for hydroxylation is 1. The number of hydrogen-bond acceptors (Lipinski definition) is 6. The lowest BCUT2D eigenvalue weighted by Gasteiger charge is -2.17. The predicted molar refractivity (Wildman–Crippen MR) is 115 cm³/mol. The molecule has 1 fully saturated rings. The highest BCUT2D eigenvalue weighted by atomic mass is 19.3. The molecule has 5 rings (SSSR count). The molecule has 1 aliphatic heterocycles. The van der Waals surface area contributed by atoms with Gasteiger partial charge in [-0.25, -0.2) is 4.98 Å². The van der Waals surface area contributed by atoms with Crippen molar-refractivity contribution in [1.82, 2.24) is 9.55 Å². The van der Waals surface area contributed by atoms with Crippen molar-refractivity contribution in [3.8, 4) is 22.8 Å². The molecule has 1 saturated carbocycles. The second-order valence-electron chi connectivity index (χ2n) is 8.14. The highest BCUT2D eigenvalue weighted by Crippen LogP contribution is 2.52. The SMILES string of the molecule is Cc1ccc(NC(=O)C2(c3ccc4c(c3)OC(F)(F)O4)CC2)nc1-c1ccc(=O)n(CN)c1. The highest BCUT2D eigenvalue weighted by molar-refractivity contribution is 6.01. The first kappa shape index (κ1) is 21.1. The zero-order chi connectivity index (χ0) is 23.4. The van der Waals surface area contributed by atoms with Crippen LogP contribution in [0.3, 0.4) is 0 Å². The summed E-state index contributed by atoms with van der Waals surface area (Å²) in [6, 6.07) is 11.0. The summed E-state index contributed by atoms with van der Waals surface area (Å²) in [4.78, 5) is 29.6. The number of alkyl halides is 2. The summed E-state index contributed by atoms with van der Waals surface area (Å²) >= 11 is 0.